The molecule has 1 aromatic heterocycles. The second-order valence-corrected chi connectivity index (χ2v) is 6.90. The molecule has 0 radical (unpaired) electrons. The predicted molar refractivity (Wildman–Crippen MR) is 80.1 cm³/mol. The van der Waals surface area contributed by atoms with Gasteiger partial charge in [0, 0.05) is 4.47 Å². The first-order valence-corrected chi connectivity index (χ1v) is 7.96. The molecule has 0 bridgehead atoms. The lowest BCUT2D eigenvalue weighted by molar-refractivity contribution is 0.594. The van der Waals surface area contributed by atoms with Crippen molar-refractivity contribution < 1.29 is 8.42 Å². The summed E-state index contributed by atoms with van der Waals surface area (Å²) in [6, 6.07) is 3.29. The van der Waals surface area contributed by atoms with Gasteiger partial charge in [-0.3, -0.25) is 4.72 Å². The van der Waals surface area contributed by atoms with Crippen molar-refractivity contribution in [3.63, 3.8) is 0 Å². The summed E-state index contributed by atoms with van der Waals surface area (Å²) < 4.78 is 27.3. The predicted octanol–water partition coefficient (Wildman–Crippen LogP) is 1.96. The normalized spacial score (nSPS) is 13.1. The smallest absolute Gasteiger partial charge is 0.243 e. The van der Waals surface area contributed by atoms with E-state index in [9.17, 15) is 8.42 Å². The minimum absolute atomic E-state index is 0.0427. The summed E-state index contributed by atoms with van der Waals surface area (Å²) in [5, 5.41) is -0.891. The van der Waals surface area contributed by atoms with Crippen molar-refractivity contribution >= 4 is 49.0 Å². The largest absolute Gasteiger partial charge is 0.392 e. The van der Waals surface area contributed by atoms with Crippen molar-refractivity contribution in [2.75, 3.05) is 4.72 Å². The van der Waals surface area contributed by atoms with Gasteiger partial charge in [-0.1, -0.05) is 19.1 Å². The minimum atomic E-state index is -3.65. The topological polar surface area (TPSA) is 85.1 Å². The molecule has 1 rings (SSSR count). The third-order valence-electron chi connectivity index (χ3n) is 2.33. The van der Waals surface area contributed by atoms with Crippen LogP contribution in [0.15, 0.2) is 16.6 Å². The highest BCUT2D eigenvalue weighted by atomic mass is 79.9. The lowest BCUT2D eigenvalue weighted by Crippen LogP contribution is -2.37. The van der Waals surface area contributed by atoms with Crippen molar-refractivity contribution in [3.05, 3.63) is 22.3 Å². The van der Waals surface area contributed by atoms with Gasteiger partial charge in [0.1, 0.15) is 11.1 Å². The lowest BCUT2D eigenvalue weighted by atomic mass is 10.3. The first-order valence-electron chi connectivity index (χ1n) is 5.22. The molecule has 1 heterocycles. The van der Waals surface area contributed by atoms with Gasteiger partial charge in [0.25, 0.3) is 0 Å². The molecule has 0 spiro atoms. The molecule has 1 atom stereocenters. The number of nitrogens with zero attached hydrogens (tertiary/aromatic N) is 1. The fourth-order valence-electron chi connectivity index (χ4n) is 1.39. The molecular formula is C10H14BrN3O2S2. The molecule has 1 unspecified atom stereocenters. The maximum atomic E-state index is 12.0. The Morgan fingerprint density at radius 1 is 1.61 bits per heavy atom. The van der Waals surface area contributed by atoms with E-state index in [1.54, 1.807) is 26.0 Å². The Balaban J connectivity index is 3.01. The van der Waals surface area contributed by atoms with Gasteiger partial charge in [0.2, 0.25) is 10.0 Å². The molecule has 18 heavy (non-hydrogen) atoms. The summed E-state index contributed by atoms with van der Waals surface area (Å²) in [7, 11) is -3.65. The number of rotatable bonds is 5. The molecular weight excluding hydrogens is 338 g/mol. The monoisotopic (exact) mass is 351 g/mol. The average Bonchev–Trinajstić information content (AvgIpc) is 2.22. The number of nitrogens with one attached hydrogen (secondary N) is 1. The van der Waals surface area contributed by atoms with Crippen LogP contribution >= 0.6 is 28.1 Å². The summed E-state index contributed by atoms with van der Waals surface area (Å²) in [5.41, 5.74) is 6.12. The molecule has 8 heteroatoms. The molecule has 0 amide bonds. The SMILES string of the molecule is CCC(C(N)=S)S(=O)(=O)Nc1ccc(Br)c(C)n1. The fraction of sp³-hybridized carbons (Fsp3) is 0.400. The minimum Gasteiger partial charge on any atom is -0.392 e. The number of anilines is 1. The molecule has 0 aromatic carbocycles. The number of pyridine rings is 1. The molecule has 100 valence electrons. The van der Waals surface area contributed by atoms with Crippen molar-refractivity contribution in [1.82, 2.24) is 4.98 Å². The van der Waals surface area contributed by atoms with E-state index in [1.165, 1.54) is 0 Å². The summed E-state index contributed by atoms with van der Waals surface area (Å²) in [6.07, 6.45) is 0.320. The lowest BCUT2D eigenvalue weighted by Gasteiger charge is -2.15. The first kappa shape index (κ1) is 15.3. The molecule has 0 saturated carbocycles. The maximum Gasteiger partial charge on any atom is 0.243 e. The molecule has 3 N–H and O–H groups in total. The van der Waals surface area contributed by atoms with Crippen LogP contribution in [0.25, 0.3) is 0 Å². The highest BCUT2D eigenvalue weighted by molar-refractivity contribution is 9.10. The quantitative estimate of drug-likeness (QED) is 0.792. The van der Waals surface area contributed by atoms with E-state index in [-0.39, 0.29) is 10.8 Å². The zero-order valence-corrected chi connectivity index (χ0v) is 13.2. The van der Waals surface area contributed by atoms with Crippen LogP contribution in [0.4, 0.5) is 5.82 Å². The Labute approximate surface area is 120 Å². The van der Waals surface area contributed by atoms with Crippen LogP contribution in [0, 0.1) is 6.92 Å². The average molecular weight is 352 g/mol. The maximum absolute atomic E-state index is 12.0. The summed E-state index contributed by atoms with van der Waals surface area (Å²) in [5.74, 6) is 0.255. The number of aryl methyl sites for hydroxylation is 1. The first-order chi connectivity index (χ1) is 8.27. The van der Waals surface area contributed by atoms with E-state index in [2.05, 4.69) is 25.6 Å². The molecule has 0 aliphatic rings. The Bertz CT molecular complexity index is 560. The third kappa shape index (κ3) is 3.63. The van der Waals surface area contributed by atoms with E-state index in [0.29, 0.717) is 12.1 Å². The van der Waals surface area contributed by atoms with E-state index < -0.39 is 15.3 Å². The third-order valence-corrected chi connectivity index (χ3v) is 5.43. The van der Waals surface area contributed by atoms with Crippen molar-refractivity contribution in [2.45, 2.75) is 25.5 Å². The number of sulfonamides is 1. The number of hydrogen-bond acceptors (Lipinski definition) is 4. The number of nitrogens with two attached hydrogens (primary N) is 1. The molecule has 0 saturated heterocycles. The van der Waals surface area contributed by atoms with Crippen molar-refractivity contribution in [3.8, 4) is 0 Å². The second-order valence-electron chi connectivity index (χ2n) is 3.71. The second kappa shape index (κ2) is 5.94. The molecule has 0 aliphatic carbocycles. The Morgan fingerprint density at radius 2 is 2.22 bits per heavy atom. The van der Waals surface area contributed by atoms with Gasteiger partial charge >= 0.3 is 0 Å². The van der Waals surface area contributed by atoms with Crippen molar-refractivity contribution in [1.29, 1.82) is 0 Å². The van der Waals surface area contributed by atoms with Gasteiger partial charge in [-0.05, 0) is 41.4 Å². The number of thiocarbonyl (C=S) groups is 1. The standard InChI is InChI=1S/C10H14BrN3O2S2/c1-3-8(10(12)17)18(15,16)14-9-5-4-7(11)6(2)13-9/h4-5,8H,3H2,1-2H3,(H2,12,17)(H,13,14). The molecule has 1 aromatic rings. The van der Waals surface area contributed by atoms with Crippen LogP contribution < -0.4 is 10.5 Å². The molecule has 0 aliphatic heterocycles. The van der Waals surface area contributed by atoms with Gasteiger partial charge < -0.3 is 5.73 Å². The highest BCUT2D eigenvalue weighted by Crippen LogP contribution is 2.18. The Hall–Kier alpha value is -0.730. The summed E-state index contributed by atoms with van der Waals surface area (Å²) in [4.78, 5) is 4.07. The van der Waals surface area contributed by atoms with Crippen LogP contribution in [0.5, 0.6) is 0 Å². The highest BCUT2D eigenvalue weighted by Gasteiger charge is 2.26. The van der Waals surface area contributed by atoms with E-state index in [0.717, 1.165) is 4.47 Å². The number of aromatic nitrogens is 1. The number of hydrogen-bond donors (Lipinski definition) is 2. The van der Waals surface area contributed by atoms with Gasteiger partial charge in [-0.15, -0.1) is 0 Å². The van der Waals surface area contributed by atoms with E-state index in [1.807, 2.05) is 0 Å². The Kier molecular flexibility index (Phi) is 5.06. The van der Waals surface area contributed by atoms with Crippen LogP contribution in [0.3, 0.4) is 0 Å². The summed E-state index contributed by atoms with van der Waals surface area (Å²) in [6.45, 7) is 3.48. The van der Waals surface area contributed by atoms with Crippen LogP contribution in [0.1, 0.15) is 19.0 Å². The van der Waals surface area contributed by atoms with Crippen LogP contribution in [0.2, 0.25) is 0 Å². The number of halogens is 1. The van der Waals surface area contributed by atoms with Gasteiger partial charge in [0.05, 0.1) is 10.7 Å². The fourth-order valence-corrected chi connectivity index (χ4v) is 3.45. The van der Waals surface area contributed by atoms with Crippen LogP contribution in [-0.2, 0) is 10.0 Å². The summed E-state index contributed by atoms with van der Waals surface area (Å²) >= 11 is 8.05. The van der Waals surface area contributed by atoms with E-state index in [4.69, 9.17) is 18.0 Å². The Morgan fingerprint density at radius 3 is 2.67 bits per heavy atom. The molecule has 5 nitrogen and oxygen atoms in total. The van der Waals surface area contributed by atoms with Crippen molar-refractivity contribution in [2.24, 2.45) is 5.73 Å². The zero-order chi connectivity index (χ0) is 13.9. The van der Waals surface area contributed by atoms with Crippen LogP contribution in [-0.4, -0.2) is 23.6 Å². The zero-order valence-electron chi connectivity index (χ0n) is 9.97. The van der Waals surface area contributed by atoms with Gasteiger partial charge in [-0.25, -0.2) is 13.4 Å². The van der Waals surface area contributed by atoms with Gasteiger partial charge in [0.15, 0.2) is 0 Å². The molecule has 0 fully saturated rings. The van der Waals surface area contributed by atoms with Gasteiger partial charge in [-0.2, -0.15) is 0 Å². The van der Waals surface area contributed by atoms with E-state index >= 15 is 0 Å².